The predicted octanol–water partition coefficient (Wildman–Crippen LogP) is 1.48. The molecule has 2 atom stereocenters. The lowest BCUT2D eigenvalue weighted by Crippen LogP contribution is -2.29. The van der Waals surface area contributed by atoms with Crippen LogP contribution in [0, 0.1) is 6.92 Å². The Hall–Kier alpha value is -4.65. The normalized spacial score (nSPS) is 16.8. The summed E-state index contributed by atoms with van der Waals surface area (Å²) < 4.78 is 0. The Morgan fingerprint density at radius 3 is 2.35 bits per heavy atom. The Balaban J connectivity index is 1.55. The summed E-state index contributed by atoms with van der Waals surface area (Å²) in [6.45, 7) is 1.87. The molecule has 190 valence electrons. The fraction of sp³-hybridized carbons (Fsp3) is 0.167. The topological polar surface area (TPSA) is 194 Å². The molecule has 1 aliphatic heterocycles. The van der Waals surface area contributed by atoms with Gasteiger partial charge in [0.1, 0.15) is 16.9 Å². The van der Waals surface area contributed by atoms with Crippen LogP contribution in [0.1, 0.15) is 39.5 Å². The van der Waals surface area contributed by atoms with E-state index in [1.165, 1.54) is 24.3 Å². The van der Waals surface area contributed by atoms with Gasteiger partial charge in [-0.1, -0.05) is 41.6 Å². The predicted molar refractivity (Wildman–Crippen MR) is 136 cm³/mol. The zero-order chi connectivity index (χ0) is 26.7. The molecule has 0 spiro atoms. The zero-order valence-electron chi connectivity index (χ0n) is 19.3. The van der Waals surface area contributed by atoms with Crippen LogP contribution in [-0.4, -0.2) is 48.4 Å². The summed E-state index contributed by atoms with van der Waals surface area (Å²) in [6.07, 6.45) is -0.199. The largest absolute Gasteiger partial charge is 0.494 e. The second-order valence-corrected chi connectivity index (χ2v) is 9.34. The van der Waals surface area contributed by atoms with Crippen LogP contribution in [0.3, 0.4) is 0 Å². The van der Waals surface area contributed by atoms with E-state index < -0.39 is 46.2 Å². The number of benzene rings is 2. The number of thioether (sulfide) groups is 1. The van der Waals surface area contributed by atoms with Crippen LogP contribution in [0.25, 0.3) is 0 Å². The standard InChI is InChI=1S/C24H21N5O7S/c1-11-2-4-12(5-3-11)18(17-20(32)27-23(36)28-21(17)33)26-24-29-19(31)15(37-24)10-16(30)25-14-8-6-13(7-9-14)22(34)35/h2-9,15,18H,10H2,1H3,(H,25,30)(H,34,35)(H,26,29,31)(H3,27,28,32,33,36)/t15-,18-/m0/s1. The minimum Gasteiger partial charge on any atom is -0.494 e. The first-order valence-corrected chi connectivity index (χ1v) is 11.8. The van der Waals surface area contributed by atoms with Gasteiger partial charge in [0, 0.05) is 12.1 Å². The number of amides is 2. The third-order valence-electron chi connectivity index (χ3n) is 5.43. The number of aromatic hydroxyl groups is 1. The Morgan fingerprint density at radius 2 is 1.73 bits per heavy atom. The molecule has 2 aromatic carbocycles. The van der Waals surface area contributed by atoms with Crippen LogP contribution in [0.5, 0.6) is 5.88 Å². The number of nitrogens with one attached hydrogen (secondary N) is 4. The van der Waals surface area contributed by atoms with Crippen molar-refractivity contribution in [3.8, 4) is 5.88 Å². The molecule has 6 N–H and O–H groups in total. The van der Waals surface area contributed by atoms with Crippen molar-refractivity contribution in [2.75, 3.05) is 5.32 Å². The van der Waals surface area contributed by atoms with E-state index in [0.29, 0.717) is 11.3 Å². The van der Waals surface area contributed by atoms with Crippen molar-refractivity contribution in [1.82, 2.24) is 15.3 Å². The van der Waals surface area contributed by atoms with Gasteiger partial charge in [0.15, 0.2) is 5.17 Å². The smallest absolute Gasteiger partial charge is 0.335 e. The number of amidine groups is 1. The molecule has 13 heteroatoms. The van der Waals surface area contributed by atoms with E-state index >= 15 is 0 Å². The molecule has 0 bridgehead atoms. The maximum atomic E-state index is 12.5. The third-order valence-corrected chi connectivity index (χ3v) is 6.53. The maximum absolute atomic E-state index is 12.5. The van der Waals surface area contributed by atoms with Gasteiger partial charge >= 0.3 is 11.7 Å². The monoisotopic (exact) mass is 523 g/mol. The number of rotatable bonds is 7. The lowest BCUT2D eigenvalue weighted by atomic mass is 10.00. The molecular weight excluding hydrogens is 502 g/mol. The number of aromatic nitrogens is 2. The van der Waals surface area contributed by atoms with E-state index in [1.807, 2.05) is 6.92 Å². The molecule has 1 aliphatic rings. The molecule has 2 amide bonds. The van der Waals surface area contributed by atoms with Crippen LogP contribution in [0.4, 0.5) is 5.69 Å². The lowest BCUT2D eigenvalue weighted by Gasteiger charge is -2.14. The molecule has 3 aromatic rings. The first-order valence-electron chi connectivity index (χ1n) is 10.9. The summed E-state index contributed by atoms with van der Waals surface area (Å²) in [6, 6.07) is 11.5. The summed E-state index contributed by atoms with van der Waals surface area (Å²) in [7, 11) is 0. The fourth-order valence-corrected chi connectivity index (χ4v) is 4.58. The van der Waals surface area contributed by atoms with Gasteiger partial charge < -0.3 is 20.8 Å². The lowest BCUT2D eigenvalue weighted by molar-refractivity contribution is -0.122. The third kappa shape index (κ3) is 5.95. The van der Waals surface area contributed by atoms with Gasteiger partial charge in [0.25, 0.3) is 5.56 Å². The van der Waals surface area contributed by atoms with Crippen molar-refractivity contribution in [3.63, 3.8) is 0 Å². The Labute approximate surface area is 212 Å². The average Bonchev–Trinajstić information content (AvgIpc) is 3.17. The van der Waals surface area contributed by atoms with Crippen LogP contribution in [0.15, 0.2) is 63.1 Å². The van der Waals surface area contributed by atoms with Gasteiger partial charge in [-0.2, -0.15) is 0 Å². The van der Waals surface area contributed by atoms with Gasteiger partial charge in [0.2, 0.25) is 17.7 Å². The molecule has 1 saturated heterocycles. The van der Waals surface area contributed by atoms with Gasteiger partial charge in [-0.05, 0) is 36.8 Å². The van der Waals surface area contributed by atoms with Crippen molar-refractivity contribution in [2.45, 2.75) is 24.6 Å². The molecule has 1 fully saturated rings. The quantitative estimate of drug-likeness (QED) is 0.268. The summed E-state index contributed by atoms with van der Waals surface area (Å²) in [4.78, 5) is 68.8. The van der Waals surface area contributed by atoms with Crippen LogP contribution < -0.4 is 21.9 Å². The molecule has 0 aliphatic carbocycles. The van der Waals surface area contributed by atoms with Crippen molar-refractivity contribution >= 4 is 40.4 Å². The van der Waals surface area contributed by atoms with Crippen molar-refractivity contribution in [1.29, 1.82) is 0 Å². The minimum absolute atomic E-state index is 0.0695. The second-order valence-electron chi connectivity index (χ2n) is 8.15. The highest BCUT2D eigenvalue weighted by Gasteiger charge is 2.33. The van der Waals surface area contributed by atoms with E-state index in [-0.39, 0.29) is 22.7 Å². The maximum Gasteiger partial charge on any atom is 0.335 e. The first-order chi connectivity index (χ1) is 17.6. The van der Waals surface area contributed by atoms with E-state index in [1.54, 1.807) is 24.3 Å². The van der Waals surface area contributed by atoms with Gasteiger partial charge in [0.05, 0.1) is 5.56 Å². The van der Waals surface area contributed by atoms with Gasteiger partial charge in [-0.25, -0.2) is 14.6 Å². The van der Waals surface area contributed by atoms with Crippen molar-refractivity contribution < 1.29 is 24.6 Å². The molecular formula is C24H21N5O7S. The number of aliphatic imine (C=N–C) groups is 1. The number of carbonyl (C=O) groups is 3. The Morgan fingerprint density at radius 1 is 1.05 bits per heavy atom. The van der Waals surface area contributed by atoms with Crippen molar-refractivity contribution in [3.05, 3.63) is 91.6 Å². The van der Waals surface area contributed by atoms with E-state index in [2.05, 4.69) is 25.6 Å². The number of hydrogen-bond acceptors (Lipinski definition) is 8. The molecule has 4 rings (SSSR count). The summed E-state index contributed by atoms with van der Waals surface area (Å²) in [5, 5.41) is 23.8. The minimum atomic E-state index is -1.09. The van der Waals surface area contributed by atoms with Crippen LogP contribution in [0.2, 0.25) is 0 Å². The van der Waals surface area contributed by atoms with Crippen LogP contribution in [-0.2, 0) is 9.59 Å². The Bertz CT molecular complexity index is 1510. The number of aromatic carboxylic acids is 1. The number of hydrogen-bond donors (Lipinski definition) is 6. The second kappa shape index (κ2) is 10.5. The molecule has 1 aromatic heterocycles. The Kier molecular flexibility index (Phi) is 7.25. The number of anilines is 1. The van der Waals surface area contributed by atoms with E-state index in [9.17, 15) is 29.1 Å². The highest BCUT2D eigenvalue weighted by atomic mass is 32.2. The molecule has 12 nitrogen and oxygen atoms in total. The number of aryl methyl sites for hydroxylation is 1. The highest BCUT2D eigenvalue weighted by molar-refractivity contribution is 8.15. The average molecular weight is 524 g/mol. The SMILES string of the molecule is Cc1ccc([C@H](N=C2NC(=O)[C@H](CC(=O)Nc3ccc(C(=O)O)cc3)S2)c2c(O)[nH]c(=O)[nH]c2=O)cc1. The molecule has 37 heavy (non-hydrogen) atoms. The first kappa shape index (κ1) is 25.4. The number of H-pyrrole nitrogens is 2. The molecule has 2 heterocycles. The van der Waals surface area contributed by atoms with E-state index in [0.717, 1.165) is 17.3 Å². The number of aromatic amines is 2. The molecule has 0 radical (unpaired) electrons. The molecule has 0 saturated carbocycles. The van der Waals surface area contributed by atoms with Crippen molar-refractivity contribution in [2.24, 2.45) is 4.99 Å². The summed E-state index contributed by atoms with van der Waals surface area (Å²) >= 11 is 0.985. The zero-order valence-corrected chi connectivity index (χ0v) is 20.1. The number of carboxylic acids is 1. The summed E-state index contributed by atoms with van der Waals surface area (Å²) in [5.74, 6) is -2.68. The van der Waals surface area contributed by atoms with Gasteiger partial charge in [-0.15, -0.1) is 0 Å². The molecule has 0 unspecified atom stereocenters. The van der Waals surface area contributed by atoms with E-state index in [4.69, 9.17) is 5.11 Å². The van der Waals surface area contributed by atoms with Gasteiger partial charge in [-0.3, -0.25) is 24.4 Å². The number of nitrogens with zero attached hydrogens (tertiary/aromatic N) is 1. The number of carboxylic acid groups (broad SMARTS) is 1. The highest BCUT2D eigenvalue weighted by Crippen LogP contribution is 2.32. The van der Waals surface area contributed by atoms with Crippen LogP contribution >= 0.6 is 11.8 Å². The number of carbonyl (C=O) groups excluding carboxylic acids is 2. The summed E-state index contributed by atoms with van der Waals surface area (Å²) in [5.41, 5.74) is -0.0192. The fourth-order valence-electron chi connectivity index (χ4n) is 3.59.